The molecule has 0 fully saturated rings. The van der Waals surface area contributed by atoms with Crippen LogP contribution in [0.5, 0.6) is 5.75 Å². The van der Waals surface area contributed by atoms with Crippen molar-refractivity contribution in [2.45, 2.75) is 26.9 Å². The van der Waals surface area contributed by atoms with Crippen molar-refractivity contribution in [1.29, 1.82) is 0 Å². The molecule has 0 aliphatic rings. The summed E-state index contributed by atoms with van der Waals surface area (Å²) in [5, 5.41) is 10.5. The highest BCUT2D eigenvalue weighted by molar-refractivity contribution is 6.31. The summed E-state index contributed by atoms with van der Waals surface area (Å²) in [6.45, 7) is 5.06. The van der Waals surface area contributed by atoms with Crippen LogP contribution >= 0.6 is 11.6 Å². The van der Waals surface area contributed by atoms with Gasteiger partial charge in [0, 0.05) is 5.56 Å². The maximum absolute atomic E-state index is 13.8. The zero-order valence-electron chi connectivity index (χ0n) is 12.5. The third kappa shape index (κ3) is 3.74. The summed E-state index contributed by atoms with van der Waals surface area (Å²) in [5.74, 6) is 0.00300. The lowest BCUT2D eigenvalue weighted by atomic mass is 10.0. The number of rotatable bonds is 4. The number of aryl methyl sites for hydroxylation is 2. The summed E-state index contributed by atoms with van der Waals surface area (Å²) in [6.07, 6.45) is 0. The smallest absolute Gasteiger partial charge is 0.133 e. The summed E-state index contributed by atoms with van der Waals surface area (Å²) in [5.41, 5.74) is 3.58. The van der Waals surface area contributed by atoms with Crippen LogP contribution in [0.25, 0.3) is 0 Å². The van der Waals surface area contributed by atoms with Crippen molar-refractivity contribution in [1.82, 2.24) is 0 Å². The molecule has 0 radical (unpaired) electrons. The van der Waals surface area contributed by atoms with E-state index in [1.165, 1.54) is 6.07 Å². The van der Waals surface area contributed by atoms with Gasteiger partial charge < -0.3 is 10.0 Å². The van der Waals surface area contributed by atoms with Gasteiger partial charge in [-0.25, -0.2) is 4.39 Å². The van der Waals surface area contributed by atoms with Gasteiger partial charge in [-0.15, -0.1) is 0 Å². The van der Waals surface area contributed by atoms with Gasteiger partial charge in [-0.3, -0.25) is 0 Å². The fourth-order valence-electron chi connectivity index (χ4n) is 2.39. The van der Waals surface area contributed by atoms with Crippen LogP contribution in [0.1, 0.15) is 22.3 Å². The summed E-state index contributed by atoms with van der Waals surface area (Å²) in [4.78, 5) is 1.06. The number of nitrogens with one attached hydrogen (secondary N) is 1. The Morgan fingerprint density at radius 1 is 1.14 bits per heavy atom. The van der Waals surface area contributed by atoms with Crippen LogP contribution in [0, 0.1) is 19.7 Å². The molecule has 112 valence electrons. The number of phenolic OH excluding ortho intramolecular Hbond substituents is 1. The Hall–Kier alpha value is -1.58. The van der Waals surface area contributed by atoms with Crippen molar-refractivity contribution in [2.24, 2.45) is 0 Å². The van der Waals surface area contributed by atoms with Crippen molar-refractivity contribution < 1.29 is 14.4 Å². The van der Waals surface area contributed by atoms with E-state index in [0.717, 1.165) is 21.6 Å². The average molecular weight is 309 g/mol. The molecule has 0 spiro atoms. The van der Waals surface area contributed by atoms with Crippen molar-refractivity contribution in [3.05, 3.63) is 63.4 Å². The van der Waals surface area contributed by atoms with Gasteiger partial charge in [-0.1, -0.05) is 17.7 Å². The van der Waals surface area contributed by atoms with E-state index in [0.29, 0.717) is 23.7 Å². The van der Waals surface area contributed by atoms with Crippen LogP contribution in [-0.2, 0) is 13.1 Å². The molecule has 0 saturated carbocycles. The second kappa shape index (κ2) is 6.46. The molecule has 0 aliphatic heterocycles. The van der Waals surface area contributed by atoms with E-state index in [1.807, 2.05) is 27.0 Å². The Balaban J connectivity index is 2.15. The molecular formula is C17H20ClFNO+. The van der Waals surface area contributed by atoms with Crippen LogP contribution in [0.15, 0.2) is 30.3 Å². The summed E-state index contributed by atoms with van der Waals surface area (Å²) in [7, 11) is 1.96. The first-order valence-electron chi connectivity index (χ1n) is 6.91. The molecule has 4 heteroatoms. The number of benzene rings is 2. The van der Waals surface area contributed by atoms with E-state index in [2.05, 4.69) is 0 Å². The Kier molecular flexibility index (Phi) is 4.86. The molecule has 0 aliphatic carbocycles. The van der Waals surface area contributed by atoms with Crippen molar-refractivity contribution >= 4 is 11.6 Å². The second-order valence-electron chi connectivity index (χ2n) is 5.58. The predicted octanol–water partition coefficient (Wildman–Crippen LogP) is 3.02. The Morgan fingerprint density at radius 2 is 1.81 bits per heavy atom. The number of hydrogen-bond acceptors (Lipinski definition) is 1. The maximum Gasteiger partial charge on any atom is 0.133 e. The van der Waals surface area contributed by atoms with Gasteiger partial charge >= 0.3 is 0 Å². The molecule has 21 heavy (non-hydrogen) atoms. The van der Waals surface area contributed by atoms with E-state index in [-0.39, 0.29) is 11.6 Å². The predicted molar refractivity (Wildman–Crippen MR) is 83.3 cm³/mol. The van der Waals surface area contributed by atoms with Crippen LogP contribution in [-0.4, -0.2) is 12.2 Å². The molecule has 2 rings (SSSR count). The van der Waals surface area contributed by atoms with Crippen LogP contribution in [0.3, 0.4) is 0 Å². The van der Waals surface area contributed by atoms with E-state index in [9.17, 15) is 9.50 Å². The molecule has 0 amide bonds. The number of aromatic hydroxyl groups is 1. The molecular weight excluding hydrogens is 289 g/mol. The molecule has 0 saturated heterocycles. The Labute approximate surface area is 129 Å². The van der Waals surface area contributed by atoms with Gasteiger partial charge in [-0.05, 0) is 49.2 Å². The lowest BCUT2D eigenvalue weighted by Crippen LogP contribution is -3.06. The van der Waals surface area contributed by atoms with Gasteiger partial charge in [0.1, 0.15) is 24.7 Å². The average Bonchev–Trinajstić information content (AvgIpc) is 2.40. The Bertz CT molecular complexity index is 637. The number of quaternary nitrogens is 1. The van der Waals surface area contributed by atoms with Crippen LogP contribution in [0.2, 0.25) is 5.02 Å². The van der Waals surface area contributed by atoms with E-state index >= 15 is 0 Å². The third-order valence-electron chi connectivity index (χ3n) is 3.73. The van der Waals surface area contributed by atoms with Gasteiger partial charge in [-0.2, -0.15) is 0 Å². The number of hydrogen-bond donors (Lipinski definition) is 2. The second-order valence-corrected chi connectivity index (χ2v) is 5.98. The van der Waals surface area contributed by atoms with Crippen molar-refractivity contribution in [2.75, 3.05) is 7.05 Å². The molecule has 2 N–H and O–H groups in total. The third-order valence-corrected chi connectivity index (χ3v) is 4.08. The van der Waals surface area contributed by atoms with Gasteiger partial charge in [0.05, 0.1) is 17.6 Å². The van der Waals surface area contributed by atoms with Crippen LogP contribution in [0.4, 0.5) is 4.39 Å². The highest BCUT2D eigenvalue weighted by atomic mass is 35.5. The molecule has 1 unspecified atom stereocenters. The lowest BCUT2D eigenvalue weighted by molar-refractivity contribution is -0.907. The first-order chi connectivity index (χ1) is 9.88. The first-order valence-corrected chi connectivity index (χ1v) is 7.29. The summed E-state index contributed by atoms with van der Waals surface area (Å²) < 4.78 is 13.8. The van der Waals surface area contributed by atoms with E-state index in [1.54, 1.807) is 18.2 Å². The minimum absolute atomic E-state index is 0.286. The lowest BCUT2D eigenvalue weighted by Gasteiger charge is -2.17. The minimum Gasteiger partial charge on any atom is -0.507 e. The van der Waals surface area contributed by atoms with Gasteiger partial charge in [0.15, 0.2) is 0 Å². The van der Waals surface area contributed by atoms with Gasteiger partial charge in [0.25, 0.3) is 0 Å². The monoisotopic (exact) mass is 308 g/mol. The summed E-state index contributed by atoms with van der Waals surface area (Å²) >= 11 is 6.05. The van der Waals surface area contributed by atoms with Crippen LogP contribution < -0.4 is 4.90 Å². The largest absolute Gasteiger partial charge is 0.507 e. The first kappa shape index (κ1) is 15.8. The normalized spacial score (nSPS) is 12.4. The summed E-state index contributed by atoms with van der Waals surface area (Å²) in [6, 6.07) is 8.47. The van der Waals surface area contributed by atoms with Gasteiger partial charge in [0.2, 0.25) is 0 Å². The fourth-order valence-corrected chi connectivity index (χ4v) is 2.62. The Morgan fingerprint density at radius 3 is 2.48 bits per heavy atom. The standard InChI is InChI=1S/C17H19ClFNO/c1-11-7-13(17(21)8-12(11)2)9-20(3)10-14-15(18)5-4-6-16(14)19/h4-8,21H,9-10H2,1-3H3/p+1. The fraction of sp³-hybridized carbons (Fsp3) is 0.294. The molecule has 0 heterocycles. The molecule has 0 bridgehead atoms. The molecule has 2 aromatic rings. The van der Waals surface area contributed by atoms with E-state index in [4.69, 9.17) is 11.6 Å². The number of halogens is 2. The van der Waals surface area contributed by atoms with E-state index < -0.39 is 0 Å². The SMILES string of the molecule is Cc1cc(O)c(C[NH+](C)Cc2c(F)cccc2Cl)cc1C. The van der Waals surface area contributed by atoms with Crippen molar-refractivity contribution in [3.63, 3.8) is 0 Å². The molecule has 2 nitrogen and oxygen atoms in total. The van der Waals surface area contributed by atoms with Crippen molar-refractivity contribution in [3.8, 4) is 5.75 Å². The topological polar surface area (TPSA) is 24.7 Å². The number of phenols is 1. The molecule has 0 aromatic heterocycles. The minimum atomic E-state index is -0.286. The molecule has 2 aromatic carbocycles. The highest BCUT2D eigenvalue weighted by Gasteiger charge is 2.15. The quantitative estimate of drug-likeness (QED) is 0.891. The zero-order valence-corrected chi connectivity index (χ0v) is 13.3. The zero-order chi connectivity index (χ0) is 15.6. The maximum atomic E-state index is 13.8. The molecule has 1 atom stereocenters. The highest BCUT2D eigenvalue weighted by Crippen LogP contribution is 2.21.